The number of carbonyl (C=O) groups is 1. The molecule has 1 saturated heterocycles. The van der Waals surface area contributed by atoms with Crippen molar-refractivity contribution in [1.82, 2.24) is 5.32 Å². The predicted molar refractivity (Wildman–Crippen MR) is 74.6 cm³/mol. The lowest BCUT2D eigenvalue weighted by Crippen LogP contribution is -2.32. The molecule has 1 fully saturated rings. The van der Waals surface area contributed by atoms with Gasteiger partial charge in [-0.25, -0.2) is 0 Å². The number of nitrogens with zero attached hydrogens (tertiary/aromatic N) is 1. The molecule has 0 aliphatic carbocycles. The molecule has 5 heteroatoms. The molecule has 100 valence electrons. The van der Waals surface area contributed by atoms with Crippen LogP contribution in [-0.2, 0) is 9.53 Å². The summed E-state index contributed by atoms with van der Waals surface area (Å²) >= 11 is 1.52. The molecule has 0 spiro atoms. The smallest absolute Gasteiger partial charge is 0.262 e. The van der Waals surface area contributed by atoms with Gasteiger partial charge in [-0.15, -0.1) is 11.3 Å². The van der Waals surface area contributed by atoms with Crippen molar-refractivity contribution in [1.29, 1.82) is 5.26 Å². The van der Waals surface area contributed by atoms with E-state index in [1.54, 1.807) is 6.08 Å². The summed E-state index contributed by atoms with van der Waals surface area (Å²) in [6.45, 7) is 3.19. The fourth-order valence-electron chi connectivity index (χ4n) is 1.92. The van der Waals surface area contributed by atoms with E-state index in [0.29, 0.717) is 6.54 Å². The first-order valence-electron chi connectivity index (χ1n) is 6.26. The van der Waals surface area contributed by atoms with Crippen LogP contribution in [0.4, 0.5) is 0 Å². The van der Waals surface area contributed by atoms with Crippen LogP contribution in [0.15, 0.2) is 17.0 Å². The van der Waals surface area contributed by atoms with Gasteiger partial charge in [-0.3, -0.25) is 4.79 Å². The zero-order valence-electron chi connectivity index (χ0n) is 10.8. The lowest BCUT2D eigenvalue weighted by Gasteiger charge is -2.10. The fraction of sp³-hybridized carbons (Fsp3) is 0.429. The summed E-state index contributed by atoms with van der Waals surface area (Å²) in [4.78, 5) is 12.9. The normalized spacial score (nSPS) is 19.2. The Morgan fingerprint density at radius 1 is 1.74 bits per heavy atom. The third kappa shape index (κ3) is 3.66. The highest BCUT2D eigenvalue weighted by Gasteiger charge is 2.17. The minimum atomic E-state index is -0.328. The molecular formula is C14H16N2O2S. The molecular weight excluding hydrogens is 260 g/mol. The number of hydrogen-bond acceptors (Lipinski definition) is 4. The molecule has 0 aromatic carbocycles. The lowest BCUT2D eigenvalue weighted by atomic mass is 10.2. The van der Waals surface area contributed by atoms with Crippen LogP contribution < -0.4 is 5.32 Å². The summed E-state index contributed by atoms with van der Waals surface area (Å²) in [5.74, 6) is -0.328. The molecule has 1 amide bonds. The molecule has 1 N–H and O–H groups in total. The Morgan fingerprint density at radius 2 is 2.58 bits per heavy atom. The summed E-state index contributed by atoms with van der Waals surface area (Å²) in [5, 5.41) is 13.8. The van der Waals surface area contributed by atoms with Gasteiger partial charge in [-0.1, -0.05) is 0 Å². The highest BCUT2D eigenvalue weighted by Crippen LogP contribution is 2.19. The number of amides is 1. The number of nitrogens with one attached hydrogen (secondary N) is 1. The summed E-state index contributed by atoms with van der Waals surface area (Å²) in [5.41, 5.74) is 1.22. The molecule has 0 saturated carbocycles. The fourth-order valence-corrected chi connectivity index (χ4v) is 2.78. The van der Waals surface area contributed by atoms with Gasteiger partial charge >= 0.3 is 0 Å². The van der Waals surface area contributed by atoms with Crippen molar-refractivity contribution in [3.8, 4) is 6.07 Å². The van der Waals surface area contributed by atoms with E-state index in [2.05, 4.69) is 5.32 Å². The van der Waals surface area contributed by atoms with Gasteiger partial charge in [0.2, 0.25) is 0 Å². The van der Waals surface area contributed by atoms with Crippen molar-refractivity contribution in [3.63, 3.8) is 0 Å². The second-order valence-corrected chi connectivity index (χ2v) is 5.43. The summed E-state index contributed by atoms with van der Waals surface area (Å²) in [7, 11) is 0. The van der Waals surface area contributed by atoms with E-state index in [0.717, 1.165) is 29.9 Å². The molecule has 2 heterocycles. The van der Waals surface area contributed by atoms with Crippen molar-refractivity contribution >= 4 is 23.3 Å². The SMILES string of the molecule is Cc1ccsc1/C=C(/C#N)C(=O)NCC1CCCO1. The topological polar surface area (TPSA) is 62.1 Å². The number of aryl methyl sites for hydroxylation is 1. The molecule has 19 heavy (non-hydrogen) atoms. The minimum Gasteiger partial charge on any atom is -0.376 e. The highest BCUT2D eigenvalue weighted by atomic mass is 32.1. The van der Waals surface area contributed by atoms with Gasteiger partial charge in [-0.2, -0.15) is 5.26 Å². The van der Waals surface area contributed by atoms with Crippen LogP contribution in [0.3, 0.4) is 0 Å². The molecule has 1 aromatic rings. The molecule has 1 aliphatic rings. The van der Waals surface area contributed by atoms with E-state index in [4.69, 9.17) is 10.00 Å². The van der Waals surface area contributed by atoms with Crippen LogP contribution in [0.5, 0.6) is 0 Å². The Balaban J connectivity index is 1.97. The Morgan fingerprint density at radius 3 is 3.16 bits per heavy atom. The number of carbonyl (C=O) groups excluding carboxylic acids is 1. The largest absolute Gasteiger partial charge is 0.376 e. The van der Waals surface area contributed by atoms with Crippen molar-refractivity contribution in [2.45, 2.75) is 25.9 Å². The summed E-state index contributed by atoms with van der Waals surface area (Å²) in [6.07, 6.45) is 3.74. The number of hydrogen-bond donors (Lipinski definition) is 1. The number of nitriles is 1. The molecule has 0 radical (unpaired) electrons. The average Bonchev–Trinajstić information content (AvgIpc) is 3.05. The Labute approximate surface area is 116 Å². The Hall–Kier alpha value is -1.64. The standard InChI is InChI=1S/C14H16N2O2S/c1-10-4-6-19-13(10)7-11(8-15)14(17)16-9-12-3-2-5-18-12/h4,6-7,12H,2-3,5,9H2,1H3,(H,16,17)/b11-7-. The van der Waals surface area contributed by atoms with Gasteiger partial charge in [0.25, 0.3) is 5.91 Å². The first kappa shape index (κ1) is 13.8. The molecule has 0 bridgehead atoms. The van der Waals surface area contributed by atoms with Crippen LogP contribution in [0.1, 0.15) is 23.3 Å². The summed E-state index contributed by atoms with van der Waals surface area (Å²) < 4.78 is 5.43. The van der Waals surface area contributed by atoms with E-state index in [-0.39, 0.29) is 17.6 Å². The third-order valence-corrected chi connectivity index (χ3v) is 4.02. The molecule has 1 atom stereocenters. The van der Waals surface area contributed by atoms with Crippen LogP contribution in [-0.4, -0.2) is 25.2 Å². The maximum Gasteiger partial charge on any atom is 0.262 e. The maximum absolute atomic E-state index is 11.9. The highest BCUT2D eigenvalue weighted by molar-refractivity contribution is 7.11. The average molecular weight is 276 g/mol. The van der Waals surface area contributed by atoms with Crippen LogP contribution in [0.25, 0.3) is 6.08 Å². The van der Waals surface area contributed by atoms with Crippen molar-refractivity contribution in [2.24, 2.45) is 0 Å². The van der Waals surface area contributed by atoms with Crippen LogP contribution >= 0.6 is 11.3 Å². The molecule has 1 aromatic heterocycles. The van der Waals surface area contributed by atoms with Gasteiger partial charge in [0.15, 0.2) is 0 Å². The van der Waals surface area contributed by atoms with E-state index < -0.39 is 0 Å². The second-order valence-electron chi connectivity index (χ2n) is 4.48. The predicted octanol–water partition coefficient (Wildman–Crippen LogP) is 2.26. The van der Waals surface area contributed by atoms with Gasteiger partial charge < -0.3 is 10.1 Å². The summed E-state index contributed by atoms with van der Waals surface area (Å²) in [6, 6.07) is 3.93. The quantitative estimate of drug-likeness (QED) is 0.677. The van der Waals surface area contributed by atoms with E-state index in [1.807, 2.05) is 24.4 Å². The minimum absolute atomic E-state index is 0.0902. The molecule has 1 aliphatic heterocycles. The van der Waals surface area contributed by atoms with Gasteiger partial charge in [0.05, 0.1) is 6.10 Å². The lowest BCUT2D eigenvalue weighted by molar-refractivity contribution is -0.117. The van der Waals surface area contributed by atoms with Crippen molar-refractivity contribution < 1.29 is 9.53 Å². The second kappa shape index (κ2) is 6.50. The zero-order chi connectivity index (χ0) is 13.7. The maximum atomic E-state index is 11.9. The van der Waals surface area contributed by atoms with E-state index in [9.17, 15) is 4.79 Å². The van der Waals surface area contributed by atoms with Crippen molar-refractivity contribution in [2.75, 3.05) is 13.2 Å². The van der Waals surface area contributed by atoms with Gasteiger partial charge in [-0.05, 0) is 42.9 Å². The number of thiophene rings is 1. The molecule has 1 unspecified atom stereocenters. The van der Waals surface area contributed by atoms with E-state index >= 15 is 0 Å². The Bertz CT molecular complexity index is 522. The number of ether oxygens (including phenoxy) is 1. The first-order chi connectivity index (χ1) is 9.20. The van der Waals surface area contributed by atoms with Gasteiger partial charge in [0, 0.05) is 18.0 Å². The Kier molecular flexibility index (Phi) is 4.72. The third-order valence-electron chi connectivity index (χ3n) is 3.06. The van der Waals surface area contributed by atoms with Crippen LogP contribution in [0.2, 0.25) is 0 Å². The van der Waals surface area contributed by atoms with Gasteiger partial charge in [0.1, 0.15) is 11.6 Å². The monoisotopic (exact) mass is 276 g/mol. The number of rotatable bonds is 4. The van der Waals surface area contributed by atoms with Crippen molar-refractivity contribution in [3.05, 3.63) is 27.5 Å². The van der Waals surface area contributed by atoms with E-state index in [1.165, 1.54) is 11.3 Å². The zero-order valence-corrected chi connectivity index (χ0v) is 11.6. The van der Waals surface area contributed by atoms with Crippen LogP contribution in [0, 0.1) is 18.3 Å². The molecule has 4 nitrogen and oxygen atoms in total. The first-order valence-corrected chi connectivity index (χ1v) is 7.14. The molecule has 2 rings (SSSR count).